The molecule has 1 aliphatic carbocycles. The van der Waals surface area contributed by atoms with Crippen LogP contribution in [0.4, 0.5) is 0 Å². The number of carbonyl (C=O) groups excluding carboxylic acids is 1. The van der Waals surface area contributed by atoms with Gasteiger partial charge in [0.1, 0.15) is 5.56 Å². The lowest BCUT2D eigenvalue weighted by Gasteiger charge is -2.54. The smallest absolute Gasteiger partial charge is 0.259 e. The highest BCUT2D eigenvalue weighted by atomic mass is 16.2. The van der Waals surface area contributed by atoms with E-state index in [0.717, 1.165) is 31.4 Å². The molecule has 3 aliphatic heterocycles. The number of carbonyl (C=O) groups is 1. The van der Waals surface area contributed by atoms with Gasteiger partial charge in [-0.15, -0.1) is 0 Å². The summed E-state index contributed by atoms with van der Waals surface area (Å²) in [6.45, 7) is 3.05. The van der Waals surface area contributed by atoms with Gasteiger partial charge < -0.3 is 9.88 Å². The Morgan fingerprint density at radius 1 is 1.10 bits per heavy atom. The van der Waals surface area contributed by atoms with Crippen LogP contribution in [-0.4, -0.2) is 52.4 Å². The van der Waals surface area contributed by atoms with Gasteiger partial charge in [-0.1, -0.05) is 30.2 Å². The van der Waals surface area contributed by atoms with Crippen LogP contribution < -0.4 is 5.43 Å². The van der Waals surface area contributed by atoms with Gasteiger partial charge in [-0.3, -0.25) is 14.5 Å². The number of nitrogens with one attached hydrogen (secondary N) is 1. The third-order valence-electron chi connectivity index (χ3n) is 7.94. The van der Waals surface area contributed by atoms with Crippen LogP contribution in [0.3, 0.4) is 0 Å². The second-order valence-corrected chi connectivity index (χ2v) is 9.58. The van der Waals surface area contributed by atoms with Gasteiger partial charge in [0.2, 0.25) is 5.43 Å². The van der Waals surface area contributed by atoms with Crippen LogP contribution in [0.1, 0.15) is 48.9 Å². The van der Waals surface area contributed by atoms with Crippen LogP contribution in [0.25, 0.3) is 10.9 Å². The summed E-state index contributed by atoms with van der Waals surface area (Å²) in [5.74, 6) is 1.04. The Bertz CT molecular complexity index is 1090. The number of H-pyrrole nitrogens is 1. The molecule has 4 unspecified atom stereocenters. The van der Waals surface area contributed by atoms with Gasteiger partial charge in [-0.05, 0) is 62.6 Å². The van der Waals surface area contributed by atoms with E-state index >= 15 is 0 Å². The molecule has 5 nitrogen and oxygen atoms in total. The first-order chi connectivity index (χ1) is 14.7. The third kappa shape index (κ3) is 2.78. The van der Waals surface area contributed by atoms with E-state index in [-0.39, 0.29) is 22.9 Å². The molecular weight excluding hydrogens is 374 g/mol. The second kappa shape index (κ2) is 7.09. The summed E-state index contributed by atoms with van der Waals surface area (Å²) < 4.78 is 0. The van der Waals surface area contributed by atoms with Gasteiger partial charge >= 0.3 is 0 Å². The largest absolute Gasteiger partial charge is 0.360 e. The monoisotopic (exact) mass is 403 g/mol. The van der Waals surface area contributed by atoms with E-state index in [0.29, 0.717) is 23.3 Å². The summed E-state index contributed by atoms with van der Waals surface area (Å²) in [6, 6.07) is 8.30. The Labute approximate surface area is 176 Å². The minimum Gasteiger partial charge on any atom is -0.360 e. The molecule has 3 fully saturated rings. The number of piperidine rings is 3. The van der Waals surface area contributed by atoms with Gasteiger partial charge in [0, 0.05) is 36.2 Å². The molecule has 1 N–H and O–H groups in total. The van der Waals surface area contributed by atoms with E-state index in [9.17, 15) is 9.59 Å². The Kier molecular flexibility index (Phi) is 4.34. The minimum absolute atomic E-state index is 0.100. The van der Waals surface area contributed by atoms with Crippen LogP contribution in [0.2, 0.25) is 0 Å². The number of nitrogens with zero attached hydrogens (tertiary/aromatic N) is 2. The highest BCUT2D eigenvalue weighted by Crippen LogP contribution is 2.45. The molecule has 30 heavy (non-hydrogen) atoms. The first-order valence-electron chi connectivity index (χ1n) is 11.6. The molecule has 5 heteroatoms. The quantitative estimate of drug-likeness (QED) is 0.741. The van der Waals surface area contributed by atoms with Crippen LogP contribution in [0.15, 0.2) is 46.9 Å². The number of hydrogen-bond donors (Lipinski definition) is 1. The first-order valence-corrected chi connectivity index (χ1v) is 11.6. The van der Waals surface area contributed by atoms with Gasteiger partial charge in [-0.25, -0.2) is 0 Å². The number of fused-ring (bicyclic) bond motifs is 7. The molecule has 1 aromatic heterocycles. The molecule has 4 heterocycles. The van der Waals surface area contributed by atoms with E-state index in [1.807, 2.05) is 23.1 Å². The van der Waals surface area contributed by atoms with E-state index in [2.05, 4.69) is 16.0 Å². The average molecular weight is 404 g/mol. The first kappa shape index (κ1) is 18.4. The Balaban J connectivity index is 1.36. The van der Waals surface area contributed by atoms with Crippen molar-refractivity contribution in [3.63, 3.8) is 0 Å². The maximum absolute atomic E-state index is 13.6. The summed E-state index contributed by atoms with van der Waals surface area (Å²) in [5.41, 5.74) is 2.36. The van der Waals surface area contributed by atoms with Crippen molar-refractivity contribution in [1.82, 2.24) is 14.8 Å². The van der Waals surface area contributed by atoms with Crippen LogP contribution in [0.5, 0.6) is 0 Å². The number of para-hydroxylation sites is 1. The summed E-state index contributed by atoms with van der Waals surface area (Å²) in [4.78, 5) is 34.6. The van der Waals surface area contributed by atoms with Gasteiger partial charge in [0.25, 0.3) is 5.91 Å². The normalized spacial score (nSPS) is 31.1. The van der Waals surface area contributed by atoms with Gasteiger partial charge in [0.05, 0.1) is 6.04 Å². The fourth-order valence-electron chi connectivity index (χ4n) is 6.68. The molecule has 6 rings (SSSR count). The predicted octanol–water partition coefficient (Wildman–Crippen LogP) is 3.56. The minimum atomic E-state index is -0.154. The van der Waals surface area contributed by atoms with Crippen LogP contribution in [-0.2, 0) is 0 Å². The van der Waals surface area contributed by atoms with Crippen molar-refractivity contribution in [1.29, 1.82) is 0 Å². The van der Waals surface area contributed by atoms with Crippen molar-refractivity contribution in [3.8, 4) is 0 Å². The maximum Gasteiger partial charge on any atom is 0.259 e. The van der Waals surface area contributed by atoms with E-state index in [1.54, 1.807) is 12.3 Å². The van der Waals surface area contributed by atoms with E-state index in [1.165, 1.54) is 37.8 Å². The van der Waals surface area contributed by atoms with Gasteiger partial charge in [0.15, 0.2) is 0 Å². The van der Waals surface area contributed by atoms with E-state index in [4.69, 9.17) is 0 Å². The van der Waals surface area contributed by atoms with Crippen molar-refractivity contribution in [2.45, 2.75) is 50.6 Å². The average Bonchev–Trinajstić information content (AvgIpc) is 2.79. The molecule has 1 amide bonds. The van der Waals surface area contributed by atoms with Crippen LogP contribution in [0, 0.1) is 11.8 Å². The number of hydrogen-bond acceptors (Lipinski definition) is 3. The standard InChI is InChI=1S/C25H29N3O2/c29-24-19-7-1-2-8-21(19)26-14-20(24)25(30)28-11-5-6-16-12-17-13-18(23(16)28)15-27-10-4-3-9-22(17)27/h1-2,7-8,12,14,17-18,22-23H,3-6,9-11,13,15H2,(H,26,29). The van der Waals surface area contributed by atoms with Crippen molar-refractivity contribution in [2.75, 3.05) is 19.6 Å². The van der Waals surface area contributed by atoms with E-state index < -0.39 is 0 Å². The zero-order chi connectivity index (χ0) is 20.2. The van der Waals surface area contributed by atoms with Gasteiger partial charge in [-0.2, -0.15) is 0 Å². The molecule has 0 radical (unpaired) electrons. The molecule has 0 saturated carbocycles. The number of pyridine rings is 1. The highest BCUT2D eigenvalue weighted by molar-refractivity contribution is 5.97. The molecular formula is C25H29N3O2. The van der Waals surface area contributed by atoms with Crippen molar-refractivity contribution < 1.29 is 4.79 Å². The van der Waals surface area contributed by atoms with Crippen molar-refractivity contribution >= 4 is 16.8 Å². The number of benzene rings is 1. The van der Waals surface area contributed by atoms with Crippen LogP contribution >= 0.6 is 0 Å². The molecule has 3 saturated heterocycles. The molecule has 4 aliphatic rings. The molecule has 1 aromatic carbocycles. The number of aromatic nitrogens is 1. The lowest BCUT2D eigenvalue weighted by molar-refractivity contribution is 0.00143. The molecule has 2 aromatic rings. The number of likely N-dealkylation sites (tertiary alicyclic amines) is 1. The number of amides is 1. The van der Waals surface area contributed by atoms with Crippen molar-refractivity contribution in [2.24, 2.45) is 11.8 Å². The molecule has 156 valence electrons. The summed E-state index contributed by atoms with van der Waals surface area (Å²) >= 11 is 0. The summed E-state index contributed by atoms with van der Waals surface area (Å²) in [5, 5.41) is 0.591. The van der Waals surface area contributed by atoms with Crippen molar-refractivity contribution in [3.05, 3.63) is 57.9 Å². The molecule has 4 atom stereocenters. The highest BCUT2D eigenvalue weighted by Gasteiger charge is 2.47. The predicted molar refractivity (Wildman–Crippen MR) is 118 cm³/mol. The Hall–Kier alpha value is -2.40. The summed E-state index contributed by atoms with van der Waals surface area (Å²) in [7, 11) is 0. The maximum atomic E-state index is 13.6. The summed E-state index contributed by atoms with van der Waals surface area (Å²) in [6.07, 6.45) is 11.4. The fraction of sp³-hybridized carbons (Fsp3) is 0.520. The lowest BCUT2D eigenvalue weighted by atomic mass is 9.68. The Morgan fingerprint density at radius 3 is 2.93 bits per heavy atom. The molecule has 0 spiro atoms. The molecule has 2 bridgehead atoms. The topological polar surface area (TPSA) is 56.4 Å². The number of aromatic amines is 1. The third-order valence-corrected chi connectivity index (χ3v) is 7.94. The second-order valence-electron chi connectivity index (χ2n) is 9.58. The SMILES string of the molecule is O=C(c1c[nH]c2ccccc2c1=O)N1CCCC2=CC3CC(CN4CCCCC34)C21. The number of rotatable bonds is 1. The zero-order valence-corrected chi connectivity index (χ0v) is 17.3. The fourth-order valence-corrected chi connectivity index (χ4v) is 6.68. The zero-order valence-electron chi connectivity index (χ0n) is 17.3. The Morgan fingerprint density at radius 2 is 2.00 bits per heavy atom. The lowest BCUT2D eigenvalue weighted by Crippen LogP contribution is -2.60.